The summed E-state index contributed by atoms with van der Waals surface area (Å²) in [6.45, 7) is 5.21. The standard InChI is InChI=1S/C22H23NO6S/c1-13-5-7-18(30(4,27)28)12-19(13)22(26)29-14(2)21(25)17-6-8-20-16(11-17)9-10-23(20)15(3)24/h5-8,11-12,14H,9-10H2,1-4H3. The first kappa shape index (κ1) is 21.7. The Bertz CT molecular complexity index is 1150. The largest absolute Gasteiger partial charge is 0.451 e. The number of carbonyl (C=O) groups excluding carboxylic acids is 3. The van der Waals surface area contributed by atoms with Crippen LogP contribution in [0.2, 0.25) is 0 Å². The lowest BCUT2D eigenvalue weighted by molar-refractivity contribution is -0.116. The molecule has 0 saturated heterocycles. The molecule has 1 atom stereocenters. The zero-order chi connectivity index (χ0) is 22.2. The Hall–Kier alpha value is -3.00. The molecule has 30 heavy (non-hydrogen) atoms. The number of fused-ring (bicyclic) bond motifs is 1. The highest BCUT2D eigenvalue weighted by atomic mass is 32.2. The minimum atomic E-state index is -3.48. The summed E-state index contributed by atoms with van der Waals surface area (Å²) in [7, 11) is -3.48. The van der Waals surface area contributed by atoms with Gasteiger partial charge in [0.2, 0.25) is 11.7 Å². The summed E-state index contributed by atoms with van der Waals surface area (Å²) in [5.41, 5.74) is 2.72. The Morgan fingerprint density at radius 1 is 1.10 bits per heavy atom. The Balaban J connectivity index is 1.78. The number of carbonyl (C=O) groups is 3. The second-order valence-corrected chi connectivity index (χ2v) is 9.44. The summed E-state index contributed by atoms with van der Waals surface area (Å²) in [6, 6.07) is 9.27. The maximum Gasteiger partial charge on any atom is 0.339 e. The molecule has 0 N–H and O–H groups in total. The molecule has 1 unspecified atom stereocenters. The highest BCUT2D eigenvalue weighted by Crippen LogP contribution is 2.29. The van der Waals surface area contributed by atoms with E-state index in [-0.39, 0.29) is 22.1 Å². The zero-order valence-corrected chi connectivity index (χ0v) is 18.1. The average molecular weight is 429 g/mol. The van der Waals surface area contributed by atoms with Crippen molar-refractivity contribution in [3.8, 4) is 0 Å². The van der Waals surface area contributed by atoms with E-state index in [0.29, 0.717) is 24.1 Å². The Labute approximate surface area is 175 Å². The number of anilines is 1. The van der Waals surface area contributed by atoms with Gasteiger partial charge in [-0.05, 0) is 61.7 Å². The summed E-state index contributed by atoms with van der Waals surface area (Å²) in [5, 5.41) is 0. The lowest BCUT2D eigenvalue weighted by atomic mass is 10.0. The Morgan fingerprint density at radius 2 is 1.80 bits per heavy atom. The molecule has 7 nitrogen and oxygen atoms in total. The van der Waals surface area contributed by atoms with Crippen LogP contribution in [0.4, 0.5) is 5.69 Å². The van der Waals surface area contributed by atoms with Gasteiger partial charge in [0.05, 0.1) is 10.5 Å². The number of aryl methyl sites for hydroxylation is 1. The highest BCUT2D eigenvalue weighted by molar-refractivity contribution is 7.90. The third-order valence-electron chi connectivity index (χ3n) is 5.15. The number of ether oxygens (including phenoxy) is 1. The molecule has 0 bridgehead atoms. The summed E-state index contributed by atoms with van der Waals surface area (Å²) in [5.74, 6) is -1.19. The fourth-order valence-electron chi connectivity index (χ4n) is 3.45. The topological polar surface area (TPSA) is 97.8 Å². The molecule has 0 fully saturated rings. The van der Waals surface area contributed by atoms with E-state index in [1.54, 1.807) is 30.0 Å². The molecular weight excluding hydrogens is 406 g/mol. The van der Waals surface area contributed by atoms with Crippen molar-refractivity contribution in [2.45, 2.75) is 38.2 Å². The number of nitrogens with zero attached hydrogens (tertiary/aromatic N) is 1. The lowest BCUT2D eigenvalue weighted by Gasteiger charge is -2.16. The van der Waals surface area contributed by atoms with E-state index in [1.807, 2.05) is 0 Å². The first-order valence-electron chi connectivity index (χ1n) is 9.46. The SMILES string of the molecule is CC(=O)N1CCc2cc(C(=O)C(C)OC(=O)c3cc(S(C)(=O)=O)ccc3C)ccc21. The van der Waals surface area contributed by atoms with Crippen LogP contribution in [-0.2, 0) is 25.8 Å². The molecule has 0 saturated carbocycles. The quantitative estimate of drug-likeness (QED) is 0.535. The highest BCUT2D eigenvalue weighted by Gasteiger charge is 2.26. The Morgan fingerprint density at radius 3 is 2.43 bits per heavy atom. The van der Waals surface area contributed by atoms with Gasteiger partial charge < -0.3 is 9.64 Å². The predicted molar refractivity (Wildman–Crippen MR) is 112 cm³/mol. The number of esters is 1. The van der Waals surface area contributed by atoms with E-state index in [2.05, 4.69) is 0 Å². The number of benzene rings is 2. The molecule has 2 aromatic carbocycles. The zero-order valence-electron chi connectivity index (χ0n) is 17.3. The molecule has 0 spiro atoms. The molecule has 0 radical (unpaired) electrons. The van der Waals surface area contributed by atoms with Gasteiger partial charge in [0, 0.05) is 31.0 Å². The minimum Gasteiger partial charge on any atom is -0.451 e. The molecular formula is C22H23NO6S. The van der Waals surface area contributed by atoms with Gasteiger partial charge in [0.1, 0.15) is 0 Å². The molecule has 1 aliphatic rings. The number of rotatable bonds is 5. The maximum atomic E-state index is 12.8. The first-order chi connectivity index (χ1) is 14.0. The van der Waals surface area contributed by atoms with Gasteiger partial charge in [-0.15, -0.1) is 0 Å². The van der Waals surface area contributed by atoms with Crippen molar-refractivity contribution in [1.82, 2.24) is 0 Å². The van der Waals surface area contributed by atoms with E-state index in [9.17, 15) is 22.8 Å². The minimum absolute atomic E-state index is 0.00711. The third kappa shape index (κ3) is 4.28. The molecule has 0 aromatic heterocycles. The van der Waals surface area contributed by atoms with Crippen LogP contribution in [0.15, 0.2) is 41.3 Å². The van der Waals surface area contributed by atoms with Crippen molar-refractivity contribution in [1.29, 1.82) is 0 Å². The molecule has 2 aromatic rings. The summed E-state index contributed by atoms with van der Waals surface area (Å²) < 4.78 is 28.9. The normalized spacial score (nSPS) is 14.2. The van der Waals surface area contributed by atoms with Gasteiger partial charge in [-0.2, -0.15) is 0 Å². The van der Waals surface area contributed by atoms with E-state index in [4.69, 9.17) is 4.74 Å². The molecule has 1 heterocycles. The number of sulfone groups is 1. The van der Waals surface area contributed by atoms with Crippen molar-refractivity contribution in [3.05, 3.63) is 58.7 Å². The monoisotopic (exact) mass is 429 g/mol. The van der Waals surface area contributed by atoms with Gasteiger partial charge in [0.25, 0.3) is 0 Å². The van der Waals surface area contributed by atoms with Crippen LogP contribution in [0, 0.1) is 6.92 Å². The van der Waals surface area contributed by atoms with Crippen LogP contribution in [0.1, 0.15) is 45.7 Å². The first-order valence-corrected chi connectivity index (χ1v) is 11.3. The van der Waals surface area contributed by atoms with Crippen molar-refractivity contribution < 1.29 is 27.5 Å². The maximum absolute atomic E-state index is 12.8. The van der Waals surface area contributed by atoms with Crippen LogP contribution in [0.3, 0.4) is 0 Å². The van der Waals surface area contributed by atoms with E-state index in [0.717, 1.165) is 17.5 Å². The van der Waals surface area contributed by atoms with E-state index < -0.39 is 21.9 Å². The number of Topliss-reactive ketones (excluding diaryl/α,β-unsaturated/α-hetero) is 1. The number of amides is 1. The van der Waals surface area contributed by atoms with Crippen molar-refractivity contribution in [2.75, 3.05) is 17.7 Å². The Kier molecular flexibility index (Phi) is 5.81. The van der Waals surface area contributed by atoms with Crippen molar-refractivity contribution in [3.63, 3.8) is 0 Å². The fraction of sp³-hybridized carbons (Fsp3) is 0.318. The third-order valence-corrected chi connectivity index (χ3v) is 6.26. The summed E-state index contributed by atoms with van der Waals surface area (Å²) in [4.78, 5) is 38.7. The van der Waals surface area contributed by atoms with Crippen LogP contribution in [0.5, 0.6) is 0 Å². The van der Waals surface area contributed by atoms with E-state index in [1.165, 1.54) is 32.0 Å². The molecule has 1 amide bonds. The molecule has 3 rings (SSSR count). The van der Waals surface area contributed by atoms with Gasteiger partial charge in [-0.25, -0.2) is 13.2 Å². The molecule has 158 valence electrons. The van der Waals surface area contributed by atoms with Crippen LogP contribution >= 0.6 is 0 Å². The average Bonchev–Trinajstić information content (AvgIpc) is 3.10. The van der Waals surface area contributed by atoms with Gasteiger partial charge in [0.15, 0.2) is 15.9 Å². The van der Waals surface area contributed by atoms with E-state index >= 15 is 0 Å². The van der Waals surface area contributed by atoms with Crippen LogP contribution in [-0.4, -0.2) is 45.0 Å². The number of ketones is 1. The van der Waals surface area contributed by atoms with Crippen molar-refractivity contribution >= 4 is 33.2 Å². The van der Waals surface area contributed by atoms with Crippen LogP contribution in [0.25, 0.3) is 0 Å². The number of hydrogen-bond donors (Lipinski definition) is 0. The fourth-order valence-corrected chi connectivity index (χ4v) is 4.09. The van der Waals surface area contributed by atoms with Crippen LogP contribution < -0.4 is 4.90 Å². The van der Waals surface area contributed by atoms with Gasteiger partial charge in [-0.3, -0.25) is 9.59 Å². The molecule has 8 heteroatoms. The lowest BCUT2D eigenvalue weighted by Crippen LogP contribution is -2.26. The number of hydrogen-bond acceptors (Lipinski definition) is 6. The van der Waals surface area contributed by atoms with Gasteiger partial charge >= 0.3 is 5.97 Å². The smallest absolute Gasteiger partial charge is 0.339 e. The summed E-state index contributed by atoms with van der Waals surface area (Å²) in [6.07, 6.45) is 0.656. The molecule has 1 aliphatic heterocycles. The predicted octanol–water partition coefficient (Wildman–Crippen LogP) is 2.74. The van der Waals surface area contributed by atoms with Crippen molar-refractivity contribution in [2.24, 2.45) is 0 Å². The van der Waals surface area contributed by atoms with Gasteiger partial charge in [-0.1, -0.05) is 6.07 Å². The molecule has 0 aliphatic carbocycles. The second-order valence-electron chi connectivity index (χ2n) is 7.42. The second kappa shape index (κ2) is 8.02. The summed E-state index contributed by atoms with van der Waals surface area (Å²) >= 11 is 0.